The van der Waals surface area contributed by atoms with E-state index in [9.17, 15) is 5.11 Å². The smallest absolute Gasteiger partial charge is 0.128 e. The van der Waals surface area contributed by atoms with Gasteiger partial charge in [-0.15, -0.1) is 0 Å². The van der Waals surface area contributed by atoms with E-state index in [2.05, 4.69) is 16.9 Å². The normalized spacial score (nSPS) is 11.9. The van der Waals surface area contributed by atoms with Crippen LogP contribution >= 0.6 is 0 Å². The third-order valence-electron chi connectivity index (χ3n) is 3.38. The molecule has 1 rings (SSSR count). The predicted molar refractivity (Wildman–Crippen MR) is 94.2 cm³/mol. The van der Waals surface area contributed by atoms with Crippen LogP contribution in [0.1, 0.15) is 43.7 Å². The summed E-state index contributed by atoms with van der Waals surface area (Å²) < 4.78 is 0. The van der Waals surface area contributed by atoms with E-state index in [4.69, 9.17) is 9.94 Å². The molecule has 0 aliphatic carbocycles. The highest BCUT2D eigenvalue weighted by Crippen LogP contribution is 2.22. The molecule has 0 amide bonds. The Morgan fingerprint density at radius 3 is 2.78 bits per heavy atom. The van der Waals surface area contributed by atoms with Gasteiger partial charge < -0.3 is 15.1 Å². The van der Waals surface area contributed by atoms with Crippen molar-refractivity contribution in [2.45, 2.75) is 45.6 Å². The van der Waals surface area contributed by atoms with E-state index in [1.165, 1.54) is 0 Å². The number of hydrogen-bond donors (Lipinski definition) is 2. The predicted octanol–water partition coefficient (Wildman–Crippen LogP) is 3.51. The Morgan fingerprint density at radius 2 is 2.09 bits per heavy atom. The van der Waals surface area contributed by atoms with Crippen LogP contribution < -0.4 is 0 Å². The average molecular weight is 318 g/mol. The summed E-state index contributed by atoms with van der Waals surface area (Å²) in [5, 5.41) is 21.5. The second kappa shape index (κ2) is 11.6. The zero-order valence-corrected chi connectivity index (χ0v) is 13.7. The van der Waals surface area contributed by atoms with Gasteiger partial charge in [0, 0.05) is 25.1 Å². The number of benzene rings is 1. The molecule has 5 nitrogen and oxygen atoms in total. The highest BCUT2D eigenvalue weighted by molar-refractivity contribution is 5.65. The molecule has 0 bridgehead atoms. The quantitative estimate of drug-likeness (QED) is 0.284. The van der Waals surface area contributed by atoms with E-state index >= 15 is 0 Å². The topological polar surface area (TPSA) is 74.4 Å². The van der Waals surface area contributed by atoms with Crippen molar-refractivity contribution in [2.75, 3.05) is 6.61 Å². The fraction of sp³-hybridized carbons (Fsp3) is 0.444. The number of oxime groups is 1. The van der Waals surface area contributed by atoms with Crippen molar-refractivity contribution >= 4 is 18.6 Å². The molecule has 0 aromatic heterocycles. The van der Waals surface area contributed by atoms with Crippen LogP contribution in [0, 0.1) is 0 Å². The molecule has 0 spiro atoms. The van der Waals surface area contributed by atoms with Gasteiger partial charge in [0.1, 0.15) is 5.76 Å². The van der Waals surface area contributed by atoms with Crippen LogP contribution in [0.2, 0.25) is 0 Å². The van der Waals surface area contributed by atoms with Crippen LogP contribution in [0.15, 0.2) is 40.2 Å². The van der Waals surface area contributed by atoms with Crippen LogP contribution in [0.25, 0.3) is 0 Å². The lowest BCUT2D eigenvalue weighted by molar-refractivity contribution is 0.232. The zero-order valence-electron chi connectivity index (χ0n) is 13.7. The standard InChI is InChI=1S/C18H26N2O3/c1-15(23-19-2)7-8-16-9-10-17(14-22)18(13-16)20-11-5-3-4-6-12-21/h7,9-11,13,21-22H,2-6,8,12,14H2,1H3/b15-7-,20-11?. The fourth-order valence-corrected chi connectivity index (χ4v) is 2.08. The number of rotatable bonds is 11. The molecule has 0 heterocycles. The van der Waals surface area contributed by atoms with Gasteiger partial charge in [0.2, 0.25) is 0 Å². The molecule has 0 aliphatic rings. The minimum absolute atomic E-state index is 0.0319. The molecule has 0 radical (unpaired) electrons. The fourth-order valence-electron chi connectivity index (χ4n) is 2.08. The number of aliphatic hydroxyl groups is 2. The number of aliphatic imine (C=N–C) groups is 1. The first-order valence-corrected chi connectivity index (χ1v) is 7.87. The first-order valence-electron chi connectivity index (χ1n) is 7.87. The third-order valence-corrected chi connectivity index (χ3v) is 3.38. The maximum atomic E-state index is 9.42. The van der Waals surface area contributed by atoms with Crippen LogP contribution in [0.4, 0.5) is 5.69 Å². The minimum Gasteiger partial charge on any atom is -0.396 e. The second-order valence-electron chi connectivity index (χ2n) is 5.25. The molecule has 0 unspecified atom stereocenters. The van der Waals surface area contributed by atoms with Crippen LogP contribution in [0.3, 0.4) is 0 Å². The van der Waals surface area contributed by atoms with Gasteiger partial charge in [0.05, 0.1) is 12.3 Å². The van der Waals surface area contributed by atoms with Crippen LogP contribution in [0.5, 0.6) is 0 Å². The molecule has 5 heteroatoms. The average Bonchev–Trinajstić information content (AvgIpc) is 2.56. The highest BCUT2D eigenvalue weighted by atomic mass is 16.6. The Kier molecular flexibility index (Phi) is 9.59. The monoisotopic (exact) mass is 318 g/mol. The van der Waals surface area contributed by atoms with Crippen molar-refractivity contribution in [2.24, 2.45) is 10.1 Å². The molecule has 0 fully saturated rings. The van der Waals surface area contributed by atoms with E-state index in [0.717, 1.165) is 42.5 Å². The lowest BCUT2D eigenvalue weighted by Gasteiger charge is -2.06. The highest BCUT2D eigenvalue weighted by Gasteiger charge is 2.02. The molecule has 1 aromatic carbocycles. The number of aliphatic hydroxyl groups excluding tert-OH is 2. The van der Waals surface area contributed by atoms with E-state index in [0.29, 0.717) is 12.2 Å². The van der Waals surface area contributed by atoms with Crippen molar-refractivity contribution in [3.63, 3.8) is 0 Å². The Bertz CT molecular complexity index is 539. The zero-order chi connectivity index (χ0) is 16.9. The molecule has 23 heavy (non-hydrogen) atoms. The van der Waals surface area contributed by atoms with E-state index in [-0.39, 0.29) is 13.2 Å². The van der Waals surface area contributed by atoms with Crippen molar-refractivity contribution in [1.82, 2.24) is 0 Å². The Balaban J connectivity index is 2.69. The summed E-state index contributed by atoms with van der Waals surface area (Å²) in [7, 11) is 0. The van der Waals surface area contributed by atoms with Gasteiger partial charge in [0.25, 0.3) is 0 Å². The van der Waals surface area contributed by atoms with Gasteiger partial charge in [-0.3, -0.25) is 4.99 Å². The summed E-state index contributed by atoms with van der Waals surface area (Å²) in [6, 6.07) is 5.83. The number of hydrogen-bond acceptors (Lipinski definition) is 5. The van der Waals surface area contributed by atoms with Gasteiger partial charge in [-0.1, -0.05) is 23.7 Å². The Morgan fingerprint density at radius 1 is 1.26 bits per heavy atom. The van der Waals surface area contributed by atoms with Gasteiger partial charge >= 0.3 is 0 Å². The SMILES string of the molecule is C=NO/C(C)=C\Cc1ccc(CO)c(N=CCCCCCO)c1. The van der Waals surface area contributed by atoms with Crippen molar-refractivity contribution in [3.05, 3.63) is 41.2 Å². The summed E-state index contributed by atoms with van der Waals surface area (Å²) in [6.07, 6.45) is 8.20. The number of unbranched alkanes of at least 4 members (excludes halogenated alkanes) is 3. The van der Waals surface area contributed by atoms with Gasteiger partial charge in [-0.25, -0.2) is 0 Å². The van der Waals surface area contributed by atoms with Crippen molar-refractivity contribution < 1.29 is 15.1 Å². The minimum atomic E-state index is -0.0319. The lowest BCUT2D eigenvalue weighted by atomic mass is 10.1. The van der Waals surface area contributed by atoms with Crippen LogP contribution in [-0.4, -0.2) is 29.8 Å². The molecule has 0 saturated heterocycles. The number of allylic oxidation sites excluding steroid dienone is 2. The summed E-state index contributed by atoms with van der Waals surface area (Å²) in [5.41, 5.74) is 2.69. The Labute approximate surface area is 138 Å². The summed E-state index contributed by atoms with van der Waals surface area (Å²) in [4.78, 5) is 9.41. The lowest BCUT2D eigenvalue weighted by Crippen LogP contribution is -1.90. The first-order chi connectivity index (χ1) is 11.2. The van der Waals surface area contributed by atoms with Crippen LogP contribution in [-0.2, 0) is 17.9 Å². The molecular weight excluding hydrogens is 292 g/mol. The van der Waals surface area contributed by atoms with E-state index in [1.54, 1.807) is 0 Å². The maximum absolute atomic E-state index is 9.42. The second-order valence-corrected chi connectivity index (χ2v) is 5.25. The van der Waals surface area contributed by atoms with E-state index in [1.807, 2.05) is 37.4 Å². The summed E-state index contributed by atoms with van der Waals surface area (Å²) >= 11 is 0. The van der Waals surface area contributed by atoms with Crippen molar-refractivity contribution in [3.8, 4) is 0 Å². The molecule has 0 saturated carbocycles. The van der Waals surface area contributed by atoms with Crippen molar-refractivity contribution in [1.29, 1.82) is 0 Å². The summed E-state index contributed by atoms with van der Waals surface area (Å²) in [6.45, 7) is 5.31. The third kappa shape index (κ3) is 7.72. The molecule has 1 aromatic rings. The largest absolute Gasteiger partial charge is 0.396 e. The van der Waals surface area contributed by atoms with Gasteiger partial charge in [0.15, 0.2) is 0 Å². The maximum Gasteiger partial charge on any atom is 0.128 e. The number of nitrogens with zero attached hydrogens (tertiary/aromatic N) is 2. The molecular formula is C18H26N2O3. The molecule has 2 N–H and O–H groups in total. The first kappa shape index (κ1) is 19.1. The molecule has 0 atom stereocenters. The molecule has 126 valence electrons. The van der Waals surface area contributed by atoms with Gasteiger partial charge in [-0.05, 0) is 50.3 Å². The molecule has 0 aliphatic heterocycles. The summed E-state index contributed by atoms with van der Waals surface area (Å²) in [5.74, 6) is 0.695. The Hall–Kier alpha value is -1.98. The van der Waals surface area contributed by atoms with Gasteiger partial charge in [-0.2, -0.15) is 0 Å². The van der Waals surface area contributed by atoms with E-state index < -0.39 is 0 Å².